The van der Waals surface area contributed by atoms with Crippen molar-refractivity contribution in [2.45, 2.75) is 30.1 Å². The molecule has 8 heteroatoms. The second-order valence-electron chi connectivity index (χ2n) is 7.17. The zero-order valence-corrected chi connectivity index (χ0v) is 19.4. The van der Waals surface area contributed by atoms with E-state index in [0.717, 1.165) is 5.56 Å². The number of aryl methyl sites for hydroxylation is 1. The first-order valence-corrected chi connectivity index (χ1v) is 12.9. The second-order valence-corrected chi connectivity index (χ2v) is 11.1. The monoisotopic (exact) mass is 473 g/mol. The Morgan fingerprint density at radius 3 is 1.59 bits per heavy atom. The second kappa shape index (κ2) is 9.77. The van der Waals surface area contributed by atoms with Gasteiger partial charge in [-0.3, -0.25) is 0 Å². The van der Waals surface area contributed by atoms with Crippen LogP contribution in [-0.4, -0.2) is 27.1 Å². The number of hydrogen-bond donors (Lipinski definition) is 0. The lowest BCUT2D eigenvalue weighted by atomic mass is 10.0. The molecule has 32 heavy (non-hydrogen) atoms. The summed E-state index contributed by atoms with van der Waals surface area (Å²) in [5, 5.41) is 0. The normalized spacial score (nSPS) is 13.1. The van der Waals surface area contributed by atoms with Crippen molar-refractivity contribution in [3.8, 4) is 0 Å². The summed E-state index contributed by atoms with van der Waals surface area (Å²) in [6.45, 7) is 2.69. The molecular formula is C24H24FNO4S2. The van der Waals surface area contributed by atoms with Crippen molar-refractivity contribution in [1.82, 2.24) is 3.71 Å². The highest BCUT2D eigenvalue weighted by molar-refractivity contribution is 8.04. The highest BCUT2D eigenvalue weighted by atomic mass is 32.3. The van der Waals surface area contributed by atoms with Crippen LogP contribution in [-0.2, 0) is 20.0 Å². The molecule has 3 rings (SSSR count). The van der Waals surface area contributed by atoms with E-state index in [0.29, 0.717) is 5.56 Å². The Labute approximate surface area is 188 Å². The molecule has 0 amide bonds. The van der Waals surface area contributed by atoms with Crippen molar-refractivity contribution in [1.29, 1.82) is 0 Å². The summed E-state index contributed by atoms with van der Waals surface area (Å²) in [5.41, 5.74) is 1.82. The van der Waals surface area contributed by atoms with Gasteiger partial charge in [0.2, 0.25) is 0 Å². The van der Waals surface area contributed by atoms with Gasteiger partial charge in [0.1, 0.15) is 5.83 Å². The molecule has 0 heterocycles. The maximum absolute atomic E-state index is 15.5. The SMILES string of the molecule is CC/C(=C(\F)CN(S(=O)(=O)c1ccccc1)S(=O)(=O)c1ccccc1)c1ccc(C)cc1. The van der Waals surface area contributed by atoms with Crippen LogP contribution in [0.25, 0.3) is 5.57 Å². The minimum absolute atomic E-state index is 0.235. The van der Waals surface area contributed by atoms with Gasteiger partial charge in [-0.15, -0.1) is 0 Å². The Hall–Kier alpha value is -2.81. The zero-order valence-electron chi connectivity index (χ0n) is 17.8. The van der Waals surface area contributed by atoms with Crippen LogP contribution in [0.15, 0.2) is 101 Å². The fourth-order valence-electron chi connectivity index (χ4n) is 3.24. The molecule has 3 aromatic rings. The molecule has 0 N–H and O–H groups in total. The Bertz CT molecular complexity index is 1230. The largest absolute Gasteiger partial charge is 0.256 e. The number of halogens is 1. The van der Waals surface area contributed by atoms with E-state index >= 15 is 4.39 Å². The topological polar surface area (TPSA) is 71.5 Å². The molecule has 0 spiro atoms. The standard InChI is InChI=1S/C24H24FNO4S2/c1-3-23(20-16-14-19(2)15-17-20)24(25)18-26(31(27,28)21-10-6-4-7-11-21)32(29,30)22-12-8-5-9-13-22/h4-17H,3,18H2,1-2H3/b24-23+. The van der Waals surface area contributed by atoms with E-state index in [1.54, 1.807) is 31.2 Å². The summed E-state index contributed by atoms with van der Waals surface area (Å²) in [6, 6.07) is 21.4. The third kappa shape index (κ3) is 4.98. The average Bonchev–Trinajstić information content (AvgIpc) is 2.80. The molecule has 0 radical (unpaired) electrons. The van der Waals surface area contributed by atoms with E-state index in [2.05, 4.69) is 0 Å². The van der Waals surface area contributed by atoms with Gasteiger partial charge < -0.3 is 0 Å². The van der Waals surface area contributed by atoms with E-state index in [9.17, 15) is 16.8 Å². The molecule has 3 aromatic carbocycles. The molecule has 0 saturated carbocycles. The zero-order chi connectivity index (χ0) is 23.4. The Morgan fingerprint density at radius 2 is 1.19 bits per heavy atom. The van der Waals surface area contributed by atoms with Crippen molar-refractivity contribution in [2.75, 3.05) is 6.54 Å². The van der Waals surface area contributed by atoms with Crippen LogP contribution >= 0.6 is 0 Å². The smallest absolute Gasteiger partial charge is 0.210 e. The molecule has 0 unspecified atom stereocenters. The van der Waals surface area contributed by atoms with E-state index in [4.69, 9.17) is 0 Å². The maximum Gasteiger partial charge on any atom is 0.256 e. The van der Waals surface area contributed by atoms with Gasteiger partial charge in [0.25, 0.3) is 20.0 Å². The molecule has 0 aromatic heterocycles. The van der Waals surface area contributed by atoms with Crippen LogP contribution in [0, 0.1) is 6.92 Å². The van der Waals surface area contributed by atoms with Crippen LogP contribution in [0.1, 0.15) is 24.5 Å². The Balaban J connectivity index is 2.16. The number of sulfonamides is 2. The third-order valence-corrected chi connectivity index (χ3v) is 9.21. The molecule has 168 valence electrons. The highest BCUT2D eigenvalue weighted by Crippen LogP contribution is 2.29. The summed E-state index contributed by atoms with van der Waals surface area (Å²) in [7, 11) is -9.12. The molecule has 0 fully saturated rings. The van der Waals surface area contributed by atoms with Crippen molar-refractivity contribution in [3.05, 3.63) is 102 Å². The lowest BCUT2D eigenvalue weighted by molar-refractivity contribution is 0.482. The first kappa shape index (κ1) is 23.8. The van der Waals surface area contributed by atoms with Crippen molar-refractivity contribution in [2.24, 2.45) is 0 Å². The number of nitrogens with zero attached hydrogens (tertiary/aromatic N) is 1. The minimum atomic E-state index is -4.56. The third-order valence-electron chi connectivity index (χ3n) is 4.97. The molecule has 0 saturated heterocycles. The lowest BCUT2D eigenvalue weighted by Crippen LogP contribution is -2.38. The maximum atomic E-state index is 15.5. The first-order valence-electron chi connectivity index (χ1n) is 10.0. The van der Waals surface area contributed by atoms with Crippen molar-refractivity contribution >= 4 is 25.6 Å². The Morgan fingerprint density at radius 1 is 0.750 bits per heavy atom. The summed E-state index contributed by atoms with van der Waals surface area (Å²) >= 11 is 0. The summed E-state index contributed by atoms with van der Waals surface area (Å²) in [6.07, 6.45) is 0.263. The van der Waals surface area contributed by atoms with Gasteiger partial charge >= 0.3 is 0 Å². The fraction of sp³-hybridized carbons (Fsp3) is 0.167. The molecule has 0 aliphatic carbocycles. The van der Waals surface area contributed by atoms with Gasteiger partial charge in [-0.25, -0.2) is 21.2 Å². The Kier molecular flexibility index (Phi) is 7.28. The van der Waals surface area contributed by atoms with Crippen LogP contribution in [0.2, 0.25) is 0 Å². The van der Waals surface area contributed by atoms with Gasteiger partial charge in [-0.05, 0) is 48.7 Å². The van der Waals surface area contributed by atoms with E-state index < -0.39 is 32.4 Å². The molecule has 0 atom stereocenters. The number of benzene rings is 3. The van der Waals surface area contributed by atoms with Crippen LogP contribution in [0.3, 0.4) is 0 Å². The number of hydrogen-bond acceptors (Lipinski definition) is 4. The number of rotatable bonds is 8. The van der Waals surface area contributed by atoms with Crippen molar-refractivity contribution in [3.63, 3.8) is 0 Å². The van der Waals surface area contributed by atoms with E-state index in [1.807, 2.05) is 19.1 Å². The summed E-state index contributed by atoms with van der Waals surface area (Å²) < 4.78 is 69.1. The fourth-order valence-corrected chi connectivity index (χ4v) is 6.82. The number of allylic oxidation sites excluding steroid dienone is 1. The predicted molar refractivity (Wildman–Crippen MR) is 123 cm³/mol. The van der Waals surface area contributed by atoms with Crippen LogP contribution in [0.5, 0.6) is 0 Å². The van der Waals surface area contributed by atoms with E-state index in [-0.39, 0.29) is 25.5 Å². The highest BCUT2D eigenvalue weighted by Gasteiger charge is 2.37. The molecule has 0 aliphatic heterocycles. The summed E-state index contributed by atoms with van der Waals surface area (Å²) in [4.78, 5) is -0.471. The van der Waals surface area contributed by atoms with E-state index in [1.165, 1.54) is 48.5 Å². The quantitative estimate of drug-likeness (QED) is 0.453. The predicted octanol–water partition coefficient (Wildman–Crippen LogP) is 5.17. The minimum Gasteiger partial charge on any atom is -0.210 e. The lowest BCUT2D eigenvalue weighted by Gasteiger charge is -2.22. The van der Waals surface area contributed by atoms with Gasteiger partial charge in [0.15, 0.2) is 0 Å². The van der Waals surface area contributed by atoms with Gasteiger partial charge in [0.05, 0.1) is 16.3 Å². The molecular weight excluding hydrogens is 449 g/mol. The van der Waals surface area contributed by atoms with Crippen LogP contribution in [0.4, 0.5) is 4.39 Å². The van der Waals surface area contributed by atoms with Crippen LogP contribution < -0.4 is 0 Å². The molecule has 0 bridgehead atoms. The molecule has 5 nitrogen and oxygen atoms in total. The van der Waals surface area contributed by atoms with Gasteiger partial charge in [0, 0.05) is 0 Å². The molecule has 0 aliphatic rings. The average molecular weight is 474 g/mol. The first-order chi connectivity index (χ1) is 15.2. The summed E-state index contributed by atoms with van der Waals surface area (Å²) in [5.74, 6) is -0.824. The van der Waals surface area contributed by atoms with Gasteiger partial charge in [-0.2, -0.15) is 0 Å². The van der Waals surface area contributed by atoms with Crippen molar-refractivity contribution < 1.29 is 21.2 Å². The van der Waals surface area contributed by atoms with Gasteiger partial charge in [-0.1, -0.05) is 76.9 Å².